The standard InChI is InChI=1S/C16H28N2/c1-5-6-7-10-16(3,4)13-18-14(2)15-9-8-11-17-12-15/h8-9,11-12,14,18H,5-7,10,13H2,1-4H3. The predicted molar refractivity (Wildman–Crippen MR) is 78.6 cm³/mol. The largest absolute Gasteiger partial charge is 0.310 e. The molecule has 1 rings (SSSR count). The summed E-state index contributed by atoms with van der Waals surface area (Å²) in [4.78, 5) is 4.17. The lowest BCUT2D eigenvalue weighted by Crippen LogP contribution is -2.31. The van der Waals surface area contributed by atoms with Gasteiger partial charge < -0.3 is 5.32 Å². The summed E-state index contributed by atoms with van der Waals surface area (Å²) >= 11 is 0. The second-order valence-electron chi connectivity index (χ2n) is 6.01. The molecular weight excluding hydrogens is 220 g/mol. The molecule has 0 saturated carbocycles. The van der Waals surface area contributed by atoms with Gasteiger partial charge in [0.05, 0.1) is 0 Å². The molecule has 0 aliphatic rings. The first kappa shape index (κ1) is 15.2. The van der Waals surface area contributed by atoms with Crippen molar-refractivity contribution in [3.63, 3.8) is 0 Å². The van der Waals surface area contributed by atoms with E-state index in [1.165, 1.54) is 31.2 Å². The van der Waals surface area contributed by atoms with Gasteiger partial charge in [0, 0.05) is 25.0 Å². The van der Waals surface area contributed by atoms with Gasteiger partial charge in [0.25, 0.3) is 0 Å². The van der Waals surface area contributed by atoms with E-state index in [1.54, 1.807) is 0 Å². The second kappa shape index (κ2) is 7.52. The first-order chi connectivity index (χ1) is 8.55. The molecule has 0 bridgehead atoms. The van der Waals surface area contributed by atoms with Crippen molar-refractivity contribution < 1.29 is 0 Å². The molecule has 0 amide bonds. The lowest BCUT2D eigenvalue weighted by atomic mass is 9.86. The average molecular weight is 248 g/mol. The Morgan fingerprint density at radius 1 is 1.33 bits per heavy atom. The Hall–Kier alpha value is -0.890. The summed E-state index contributed by atoms with van der Waals surface area (Å²) in [6.07, 6.45) is 9.06. The first-order valence-electron chi connectivity index (χ1n) is 7.18. The van der Waals surface area contributed by atoms with E-state index >= 15 is 0 Å². The first-order valence-corrected chi connectivity index (χ1v) is 7.18. The number of aromatic nitrogens is 1. The summed E-state index contributed by atoms with van der Waals surface area (Å²) in [6, 6.07) is 4.51. The van der Waals surface area contributed by atoms with E-state index in [0.29, 0.717) is 11.5 Å². The molecule has 0 aliphatic heterocycles. The third-order valence-electron chi connectivity index (χ3n) is 3.53. The Labute approximate surface area is 112 Å². The van der Waals surface area contributed by atoms with Gasteiger partial charge in [-0.25, -0.2) is 0 Å². The zero-order valence-corrected chi connectivity index (χ0v) is 12.4. The van der Waals surface area contributed by atoms with Crippen LogP contribution in [0, 0.1) is 5.41 Å². The molecule has 18 heavy (non-hydrogen) atoms. The van der Waals surface area contributed by atoms with E-state index in [4.69, 9.17) is 0 Å². The summed E-state index contributed by atoms with van der Waals surface area (Å²) in [5.74, 6) is 0. The van der Waals surface area contributed by atoms with Gasteiger partial charge in [-0.15, -0.1) is 0 Å². The highest BCUT2D eigenvalue weighted by Crippen LogP contribution is 2.24. The van der Waals surface area contributed by atoms with Crippen molar-refractivity contribution in [2.45, 2.75) is 59.4 Å². The van der Waals surface area contributed by atoms with Crippen LogP contribution in [0.4, 0.5) is 0 Å². The topological polar surface area (TPSA) is 24.9 Å². The number of hydrogen-bond donors (Lipinski definition) is 1. The quantitative estimate of drug-likeness (QED) is 0.692. The Morgan fingerprint density at radius 3 is 2.72 bits per heavy atom. The van der Waals surface area contributed by atoms with E-state index < -0.39 is 0 Å². The highest BCUT2D eigenvalue weighted by Gasteiger charge is 2.18. The van der Waals surface area contributed by atoms with Gasteiger partial charge in [0.1, 0.15) is 0 Å². The van der Waals surface area contributed by atoms with E-state index in [0.717, 1.165) is 6.54 Å². The highest BCUT2D eigenvalue weighted by atomic mass is 14.9. The van der Waals surface area contributed by atoms with Crippen molar-refractivity contribution in [3.05, 3.63) is 30.1 Å². The van der Waals surface area contributed by atoms with Gasteiger partial charge in [-0.2, -0.15) is 0 Å². The number of hydrogen-bond acceptors (Lipinski definition) is 2. The molecule has 0 aliphatic carbocycles. The molecule has 1 atom stereocenters. The SMILES string of the molecule is CCCCCC(C)(C)CNC(C)c1cccnc1. The summed E-state index contributed by atoms with van der Waals surface area (Å²) in [6.45, 7) is 10.2. The van der Waals surface area contributed by atoms with Gasteiger partial charge in [-0.3, -0.25) is 4.98 Å². The number of rotatable bonds is 8. The zero-order chi connectivity index (χ0) is 13.4. The van der Waals surface area contributed by atoms with Gasteiger partial charge in [-0.05, 0) is 30.4 Å². The minimum Gasteiger partial charge on any atom is -0.310 e. The molecule has 1 unspecified atom stereocenters. The van der Waals surface area contributed by atoms with Crippen LogP contribution in [0.5, 0.6) is 0 Å². The molecule has 0 fully saturated rings. The second-order valence-corrected chi connectivity index (χ2v) is 6.01. The van der Waals surface area contributed by atoms with Crippen molar-refractivity contribution in [1.29, 1.82) is 0 Å². The summed E-state index contributed by atoms with van der Waals surface area (Å²) in [5, 5.41) is 3.63. The average Bonchev–Trinajstić information content (AvgIpc) is 2.37. The fourth-order valence-electron chi connectivity index (χ4n) is 2.12. The summed E-state index contributed by atoms with van der Waals surface area (Å²) in [5.41, 5.74) is 1.65. The van der Waals surface area contributed by atoms with E-state index in [2.05, 4.69) is 44.1 Å². The van der Waals surface area contributed by atoms with Crippen LogP contribution in [0.15, 0.2) is 24.5 Å². The van der Waals surface area contributed by atoms with E-state index in [1.807, 2.05) is 18.5 Å². The maximum Gasteiger partial charge on any atom is 0.0315 e. The molecular formula is C16H28N2. The zero-order valence-electron chi connectivity index (χ0n) is 12.4. The van der Waals surface area contributed by atoms with Gasteiger partial charge in [0.2, 0.25) is 0 Å². The number of nitrogens with zero attached hydrogens (tertiary/aromatic N) is 1. The Bertz CT molecular complexity index is 319. The van der Waals surface area contributed by atoms with Crippen molar-refractivity contribution in [3.8, 4) is 0 Å². The molecule has 102 valence electrons. The minimum absolute atomic E-state index is 0.379. The lowest BCUT2D eigenvalue weighted by Gasteiger charge is -2.27. The van der Waals surface area contributed by atoms with Crippen molar-refractivity contribution in [2.24, 2.45) is 5.41 Å². The van der Waals surface area contributed by atoms with Crippen molar-refractivity contribution in [2.75, 3.05) is 6.54 Å². The smallest absolute Gasteiger partial charge is 0.0315 e. The van der Waals surface area contributed by atoms with E-state index in [9.17, 15) is 0 Å². The fraction of sp³-hybridized carbons (Fsp3) is 0.688. The van der Waals surface area contributed by atoms with Gasteiger partial charge in [-0.1, -0.05) is 46.1 Å². The fourth-order valence-corrected chi connectivity index (χ4v) is 2.12. The maximum absolute atomic E-state index is 4.17. The number of unbranched alkanes of at least 4 members (excludes halogenated alkanes) is 2. The van der Waals surface area contributed by atoms with Crippen molar-refractivity contribution >= 4 is 0 Å². The maximum atomic E-state index is 4.17. The molecule has 0 aromatic carbocycles. The monoisotopic (exact) mass is 248 g/mol. The highest BCUT2D eigenvalue weighted by molar-refractivity contribution is 5.12. The van der Waals surface area contributed by atoms with Crippen LogP contribution >= 0.6 is 0 Å². The molecule has 0 spiro atoms. The molecule has 2 nitrogen and oxygen atoms in total. The third-order valence-corrected chi connectivity index (χ3v) is 3.53. The molecule has 1 aromatic heterocycles. The number of pyridine rings is 1. The predicted octanol–water partition coefficient (Wildman–Crippen LogP) is 4.34. The van der Waals surface area contributed by atoms with E-state index in [-0.39, 0.29) is 0 Å². The molecule has 1 heterocycles. The lowest BCUT2D eigenvalue weighted by molar-refractivity contribution is 0.291. The van der Waals surface area contributed by atoms with Gasteiger partial charge >= 0.3 is 0 Å². The van der Waals surface area contributed by atoms with Crippen LogP contribution in [0.3, 0.4) is 0 Å². The van der Waals surface area contributed by atoms with Crippen molar-refractivity contribution in [1.82, 2.24) is 10.3 Å². The van der Waals surface area contributed by atoms with Gasteiger partial charge in [0.15, 0.2) is 0 Å². The van der Waals surface area contributed by atoms with Crippen LogP contribution < -0.4 is 5.32 Å². The Kier molecular flexibility index (Phi) is 6.34. The Morgan fingerprint density at radius 2 is 2.11 bits per heavy atom. The summed E-state index contributed by atoms with van der Waals surface area (Å²) in [7, 11) is 0. The third kappa shape index (κ3) is 5.63. The van der Waals surface area contributed by atoms with Crippen LogP contribution in [-0.4, -0.2) is 11.5 Å². The Balaban J connectivity index is 2.35. The normalized spacial score (nSPS) is 13.6. The van der Waals surface area contributed by atoms with Crippen LogP contribution in [0.2, 0.25) is 0 Å². The molecule has 0 radical (unpaired) electrons. The molecule has 0 saturated heterocycles. The van der Waals surface area contributed by atoms with Crippen LogP contribution in [0.1, 0.15) is 65.0 Å². The van der Waals surface area contributed by atoms with Crippen LogP contribution in [0.25, 0.3) is 0 Å². The number of nitrogens with one attached hydrogen (secondary N) is 1. The van der Waals surface area contributed by atoms with Crippen LogP contribution in [-0.2, 0) is 0 Å². The molecule has 2 heteroatoms. The minimum atomic E-state index is 0.379. The summed E-state index contributed by atoms with van der Waals surface area (Å²) < 4.78 is 0. The molecule has 1 N–H and O–H groups in total. The molecule has 1 aromatic rings.